The number of nitrogens with one attached hydrogen (secondary N) is 1. The Labute approximate surface area is 93.8 Å². The van der Waals surface area contributed by atoms with Gasteiger partial charge in [-0.2, -0.15) is 17.0 Å². The van der Waals surface area contributed by atoms with E-state index in [0.29, 0.717) is 0 Å². The van der Waals surface area contributed by atoms with Crippen LogP contribution in [0.3, 0.4) is 0 Å². The van der Waals surface area contributed by atoms with Crippen molar-refractivity contribution in [3.8, 4) is 6.07 Å². The minimum absolute atomic E-state index is 0.000311. The number of thioether (sulfide) groups is 1. The predicted octanol–water partition coefficient (Wildman–Crippen LogP) is -0.164. The van der Waals surface area contributed by atoms with Gasteiger partial charge in [0.05, 0.1) is 6.07 Å². The van der Waals surface area contributed by atoms with Gasteiger partial charge in [-0.25, -0.2) is 0 Å². The van der Waals surface area contributed by atoms with E-state index in [1.54, 1.807) is 24.9 Å². The second-order valence-corrected chi connectivity index (χ2v) is 3.97. The van der Waals surface area contributed by atoms with Crippen LogP contribution in [0.2, 0.25) is 0 Å². The Morgan fingerprint density at radius 2 is 2.20 bits per heavy atom. The van der Waals surface area contributed by atoms with Crippen LogP contribution in [0.15, 0.2) is 0 Å². The normalized spacial score (nSPS) is 11.3. The van der Waals surface area contributed by atoms with E-state index in [9.17, 15) is 9.59 Å². The molecular weight excluding hydrogens is 214 g/mol. The maximum absolute atomic E-state index is 11.5. The van der Waals surface area contributed by atoms with Gasteiger partial charge in [0, 0.05) is 18.8 Å². The molecule has 0 aliphatic rings. The molecule has 1 N–H and O–H groups in total. The number of likely N-dealkylation sites (N-methyl/N-ethyl adjacent to an activating group) is 1. The highest BCUT2D eigenvalue weighted by Crippen LogP contribution is 2.03. The van der Waals surface area contributed by atoms with Gasteiger partial charge in [0.1, 0.15) is 6.54 Å². The lowest BCUT2D eigenvalue weighted by Crippen LogP contribution is -2.45. The van der Waals surface area contributed by atoms with Crippen molar-refractivity contribution in [3.63, 3.8) is 0 Å². The fraction of sp³-hybridized carbons (Fsp3) is 0.667. The molecule has 0 aromatic rings. The van der Waals surface area contributed by atoms with Gasteiger partial charge in [-0.1, -0.05) is 0 Å². The lowest BCUT2D eigenvalue weighted by atomic mass is 10.3. The fourth-order valence-corrected chi connectivity index (χ4v) is 1.61. The molecule has 6 heteroatoms. The van der Waals surface area contributed by atoms with Crippen LogP contribution in [0, 0.1) is 11.3 Å². The van der Waals surface area contributed by atoms with Gasteiger partial charge in [-0.15, -0.1) is 0 Å². The van der Waals surface area contributed by atoms with Gasteiger partial charge >= 0.3 is 11.8 Å². The zero-order valence-electron chi connectivity index (χ0n) is 9.11. The molecule has 0 saturated heterocycles. The molecule has 0 saturated carbocycles. The number of carbonyl (C=O) groups is 2. The van der Waals surface area contributed by atoms with Crippen molar-refractivity contribution in [1.29, 1.82) is 5.26 Å². The molecule has 1 unspecified atom stereocenters. The molecule has 0 fully saturated rings. The smallest absolute Gasteiger partial charge is 0.311 e. The SMILES string of the molecule is CSCC(C)N(C)C(=O)C(=O)NCC#N. The molecule has 0 bridgehead atoms. The Bertz CT molecular complexity index is 275. The highest BCUT2D eigenvalue weighted by Gasteiger charge is 2.21. The van der Waals surface area contributed by atoms with Crippen molar-refractivity contribution in [3.05, 3.63) is 0 Å². The van der Waals surface area contributed by atoms with Crippen LogP contribution in [0.4, 0.5) is 0 Å². The molecule has 15 heavy (non-hydrogen) atoms. The molecule has 0 heterocycles. The second kappa shape index (κ2) is 7.12. The van der Waals surface area contributed by atoms with Crippen LogP contribution in [0.1, 0.15) is 6.92 Å². The molecule has 0 radical (unpaired) electrons. The van der Waals surface area contributed by atoms with Crippen molar-refractivity contribution in [2.24, 2.45) is 0 Å². The number of rotatable bonds is 4. The first-order chi connectivity index (χ1) is 7.04. The molecule has 0 rings (SSSR count). The summed E-state index contributed by atoms with van der Waals surface area (Å²) in [5.74, 6) is -0.563. The third-order valence-corrected chi connectivity index (χ3v) is 2.73. The molecule has 0 aromatic carbocycles. The van der Waals surface area contributed by atoms with Crippen LogP contribution in [-0.4, -0.2) is 48.4 Å². The Hall–Kier alpha value is -1.22. The van der Waals surface area contributed by atoms with Gasteiger partial charge in [0.2, 0.25) is 0 Å². The van der Waals surface area contributed by atoms with Gasteiger partial charge < -0.3 is 10.2 Å². The topological polar surface area (TPSA) is 73.2 Å². The van der Waals surface area contributed by atoms with E-state index >= 15 is 0 Å². The first-order valence-electron chi connectivity index (χ1n) is 4.45. The van der Waals surface area contributed by atoms with Gasteiger partial charge in [0.15, 0.2) is 0 Å². The number of hydrogen-bond donors (Lipinski definition) is 1. The summed E-state index contributed by atoms with van der Waals surface area (Å²) in [4.78, 5) is 24.0. The van der Waals surface area contributed by atoms with E-state index in [0.717, 1.165) is 5.75 Å². The van der Waals surface area contributed by atoms with Crippen molar-refractivity contribution < 1.29 is 9.59 Å². The highest BCUT2D eigenvalue weighted by molar-refractivity contribution is 7.98. The molecule has 2 amide bonds. The lowest BCUT2D eigenvalue weighted by molar-refractivity contribution is -0.145. The van der Waals surface area contributed by atoms with E-state index in [1.165, 1.54) is 4.90 Å². The van der Waals surface area contributed by atoms with Crippen molar-refractivity contribution in [1.82, 2.24) is 10.2 Å². The van der Waals surface area contributed by atoms with E-state index in [4.69, 9.17) is 5.26 Å². The molecule has 84 valence electrons. The number of nitriles is 1. The Kier molecular flexibility index (Phi) is 6.54. The van der Waals surface area contributed by atoms with Gasteiger partial charge in [-0.05, 0) is 13.2 Å². The monoisotopic (exact) mass is 229 g/mol. The Morgan fingerprint density at radius 3 is 2.67 bits per heavy atom. The quantitative estimate of drug-likeness (QED) is 0.537. The highest BCUT2D eigenvalue weighted by atomic mass is 32.2. The zero-order valence-corrected chi connectivity index (χ0v) is 9.93. The molecule has 0 aromatic heterocycles. The summed E-state index contributed by atoms with van der Waals surface area (Å²) in [6.45, 7) is 1.72. The summed E-state index contributed by atoms with van der Waals surface area (Å²) in [5, 5.41) is 10.4. The first kappa shape index (κ1) is 13.8. The number of amides is 2. The predicted molar refractivity (Wildman–Crippen MR) is 59.2 cm³/mol. The van der Waals surface area contributed by atoms with Gasteiger partial charge in [0.25, 0.3) is 0 Å². The lowest BCUT2D eigenvalue weighted by Gasteiger charge is -2.23. The van der Waals surface area contributed by atoms with Crippen molar-refractivity contribution in [2.45, 2.75) is 13.0 Å². The van der Waals surface area contributed by atoms with E-state index in [1.807, 2.05) is 13.2 Å². The van der Waals surface area contributed by atoms with Crippen LogP contribution >= 0.6 is 11.8 Å². The van der Waals surface area contributed by atoms with Crippen LogP contribution < -0.4 is 5.32 Å². The third kappa shape index (κ3) is 4.70. The molecule has 5 nitrogen and oxygen atoms in total. The van der Waals surface area contributed by atoms with Crippen LogP contribution in [0.25, 0.3) is 0 Å². The summed E-state index contributed by atoms with van der Waals surface area (Å²) in [6, 6.07) is 1.74. The minimum atomic E-state index is -0.730. The third-order valence-electron chi connectivity index (χ3n) is 1.91. The van der Waals surface area contributed by atoms with Crippen LogP contribution in [-0.2, 0) is 9.59 Å². The molecule has 0 aliphatic carbocycles. The van der Waals surface area contributed by atoms with E-state index < -0.39 is 11.8 Å². The maximum atomic E-state index is 11.5. The second-order valence-electron chi connectivity index (χ2n) is 3.06. The maximum Gasteiger partial charge on any atom is 0.311 e. The standard InChI is InChI=1S/C9H15N3O2S/c1-7(6-15-3)12(2)9(14)8(13)11-5-4-10/h7H,5-6H2,1-3H3,(H,11,13). The largest absolute Gasteiger partial charge is 0.335 e. The number of carbonyl (C=O) groups excluding carboxylic acids is 2. The average Bonchev–Trinajstić information content (AvgIpc) is 2.24. The zero-order chi connectivity index (χ0) is 11.8. The molecular formula is C9H15N3O2S. The summed E-state index contributed by atoms with van der Waals surface area (Å²) < 4.78 is 0. The number of hydrogen-bond acceptors (Lipinski definition) is 4. The van der Waals surface area contributed by atoms with E-state index in [-0.39, 0.29) is 12.6 Å². The van der Waals surface area contributed by atoms with E-state index in [2.05, 4.69) is 5.32 Å². The average molecular weight is 229 g/mol. The van der Waals surface area contributed by atoms with Gasteiger partial charge in [-0.3, -0.25) is 9.59 Å². The number of nitrogens with zero attached hydrogens (tertiary/aromatic N) is 2. The Morgan fingerprint density at radius 1 is 1.60 bits per heavy atom. The summed E-state index contributed by atoms with van der Waals surface area (Å²) in [5.41, 5.74) is 0. The summed E-state index contributed by atoms with van der Waals surface area (Å²) >= 11 is 1.61. The molecule has 0 spiro atoms. The first-order valence-corrected chi connectivity index (χ1v) is 5.84. The van der Waals surface area contributed by atoms with Crippen molar-refractivity contribution >= 4 is 23.6 Å². The molecule has 1 atom stereocenters. The fourth-order valence-electron chi connectivity index (χ4n) is 0.909. The summed E-state index contributed by atoms with van der Waals surface area (Å²) in [7, 11) is 1.58. The van der Waals surface area contributed by atoms with Crippen molar-refractivity contribution in [2.75, 3.05) is 25.6 Å². The Balaban J connectivity index is 4.19. The molecule has 0 aliphatic heterocycles. The minimum Gasteiger partial charge on any atom is -0.335 e. The summed E-state index contributed by atoms with van der Waals surface area (Å²) in [6.07, 6.45) is 1.94. The van der Waals surface area contributed by atoms with Crippen LogP contribution in [0.5, 0.6) is 0 Å².